The number of nitrogens with zero attached hydrogens (tertiary/aromatic N) is 1. The van der Waals surface area contributed by atoms with Gasteiger partial charge in [-0.25, -0.2) is 8.78 Å². The highest BCUT2D eigenvalue weighted by atomic mass is 28.3. The second-order valence-electron chi connectivity index (χ2n) is 9.59. The average molecular weight is 430 g/mol. The van der Waals surface area contributed by atoms with Crippen molar-refractivity contribution in [3.05, 3.63) is 65.0 Å². The van der Waals surface area contributed by atoms with Crippen molar-refractivity contribution < 1.29 is 13.6 Å². The molecule has 1 heterocycles. The molecule has 0 fully saturated rings. The molecule has 0 aliphatic heterocycles. The highest BCUT2D eigenvalue weighted by Crippen LogP contribution is 2.54. The summed E-state index contributed by atoms with van der Waals surface area (Å²) in [6.45, 7) is 13.9. The first-order valence-electron chi connectivity index (χ1n) is 11.1. The molecule has 162 valence electrons. The van der Waals surface area contributed by atoms with Crippen LogP contribution in [0.1, 0.15) is 87.5 Å². The Labute approximate surface area is 180 Å². The van der Waals surface area contributed by atoms with Crippen molar-refractivity contribution in [3.8, 4) is 0 Å². The second-order valence-corrected chi connectivity index (χ2v) is 15.8. The van der Waals surface area contributed by atoms with Crippen LogP contribution in [-0.4, -0.2) is 18.8 Å². The average Bonchev–Trinajstić information content (AvgIpc) is 2.82. The summed E-state index contributed by atoms with van der Waals surface area (Å²) in [5.74, 6) is -2.61. The number of carbonyl (C=O) groups excluding carboxylic acids is 1. The quantitative estimate of drug-likeness (QED) is 0.365. The van der Waals surface area contributed by atoms with E-state index in [9.17, 15) is 13.6 Å². The molecule has 2 atom stereocenters. The molecule has 1 aromatic heterocycles. The summed E-state index contributed by atoms with van der Waals surface area (Å²) in [4.78, 5) is 18.3. The maximum atomic E-state index is 14.6. The van der Waals surface area contributed by atoms with Crippen LogP contribution in [0.25, 0.3) is 0 Å². The van der Waals surface area contributed by atoms with E-state index < -0.39 is 25.6 Å². The number of fused-ring (bicyclic) bond motifs is 1. The predicted molar refractivity (Wildman–Crippen MR) is 121 cm³/mol. The lowest BCUT2D eigenvalue weighted by Gasteiger charge is -2.49. The Bertz CT molecular complexity index is 903. The van der Waals surface area contributed by atoms with Gasteiger partial charge in [0.1, 0.15) is 0 Å². The Morgan fingerprint density at radius 1 is 0.933 bits per heavy atom. The van der Waals surface area contributed by atoms with Gasteiger partial charge >= 0.3 is 0 Å². The van der Waals surface area contributed by atoms with E-state index in [0.29, 0.717) is 28.6 Å². The number of halogens is 2. The van der Waals surface area contributed by atoms with Gasteiger partial charge in [-0.15, -0.1) is 0 Å². The fourth-order valence-electron chi connectivity index (χ4n) is 6.47. The summed E-state index contributed by atoms with van der Waals surface area (Å²) in [6.07, 6.45) is 3.06. The van der Waals surface area contributed by atoms with Crippen molar-refractivity contribution >= 4 is 13.9 Å². The summed E-state index contributed by atoms with van der Waals surface area (Å²) in [6, 6.07) is 7.75. The minimum absolute atomic E-state index is 0.135. The van der Waals surface area contributed by atoms with Gasteiger partial charge in [0.05, 0.1) is 19.7 Å². The van der Waals surface area contributed by atoms with Crippen molar-refractivity contribution in [1.29, 1.82) is 0 Å². The lowest BCUT2D eigenvalue weighted by molar-refractivity contribution is 0.0955. The minimum Gasteiger partial charge on any atom is -0.293 e. The summed E-state index contributed by atoms with van der Waals surface area (Å²) < 4.78 is 28.6. The molecule has 0 N–H and O–H groups in total. The van der Waals surface area contributed by atoms with Crippen LogP contribution in [0.15, 0.2) is 36.5 Å². The molecule has 0 saturated carbocycles. The Morgan fingerprint density at radius 2 is 1.57 bits per heavy atom. The van der Waals surface area contributed by atoms with E-state index >= 15 is 0 Å². The molecule has 2 aromatic rings. The van der Waals surface area contributed by atoms with E-state index in [2.05, 4.69) is 41.5 Å². The topological polar surface area (TPSA) is 30.0 Å². The Kier molecular flexibility index (Phi) is 6.61. The fourth-order valence-corrected chi connectivity index (χ4v) is 14.3. The van der Waals surface area contributed by atoms with Crippen molar-refractivity contribution in [3.63, 3.8) is 0 Å². The number of hydrogen-bond donors (Lipinski definition) is 0. The monoisotopic (exact) mass is 429 g/mol. The third-order valence-corrected chi connectivity index (χ3v) is 15.2. The van der Waals surface area contributed by atoms with Crippen molar-refractivity contribution in [1.82, 2.24) is 4.98 Å². The molecule has 0 amide bonds. The summed E-state index contributed by atoms with van der Waals surface area (Å²) in [5, 5.41) is 0. The number of hydrogen-bond acceptors (Lipinski definition) is 2. The van der Waals surface area contributed by atoms with Crippen LogP contribution in [0.5, 0.6) is 0 Å². The van der Waals surface area contributed by atoms with Crippen LogP contribution >= 0.6 is 0 Å². The van der Waals surface area contributed by atoms with Gasteiger partial charge in [0.2, 0.25) is 0 Å². The third-order valence-electron chi connectivity index (χ3n) is 7.45. The van der Waals surface area contributed by atoms with E-state index in [4.69, 9.17) is 4.98 Å². The van der Waals surface area contributed by atoms with E-state index in [1.54, 1.807) is 18.3 Å². The molecule has 1 aliphatic carbocycles. The Morgan fingerprint density at radius 3 is 2.17 bits per heavy atom. The van der Waals surface area contributed by atoms with Crippen LogP contribution in [0, 0.1) is 11.6 Å². The molecular weight excluding hydrogens is 396 g/mol. The lowest BCUT2D eigenvalue weighted by Crippen LogP contribution is -2.51. The van der Waals surface area contributed by atoms with Gasteiger partial charge in [-0.2, -0.15) is 0 Å². The summed E-state index contributed by atoms with van der Waals surface area (Å²) >= 11 is 0. The first kappa shape index (κ1) is 22.8. The molecule has 0 unspecified atom stereocenters. The van der Waals surface area contributed by atoms with Gasteiger partial charge in [0.15, 0.2) is 17.4 Å². The number of rotatable bonds is 5. The number of pyridine rings is 1. The first-order chi connectivity index (χ1) is 14.1. The summed E-state index contributed by atoms with van der Waals surface area (Å²) in [5.41, 5.74) is 3.37. The molecule has 3 rings (SSSR count). The smallest absolute Gasteiger partial charge is 0.172 e. The zero-order chi connectivity index (χ0) is 22.2. The zero-order valence-corrected chi connectivity index (χ0v) is 19.9. The summed E-state index contributed by atoms with van der Waals surface area (Å²) in [7, 11) is -1.98. The Hall–Kier alpha value is -1.88. The number of Topliss-reactive ketones (excluding diaryl/α,β-unsaturated/α-hetero) is 1. The van der Waals surface area contributed by atoms with E-state index in [1.165, 1.54) is 6.07 Å². The normalized spacial score (nSPS) is 20.0. The number of aromatic nitrogens is 1. The lowest BCUT2D eigenvalue weighted by atomic mass is 9.88. The van der Waals surface area contributed by atoms with Crippen molar-refractivity contribution in [2.24, 2.45) is 0 Å². The fraction of sp³-hybridized carbons (Fsp3) is 0.520. The SMILES string of the molecule is CC(C)[Si](C(C)C)(C(C)C)[C@@H]1CC[C@@H](c2cccc(F)c2F)C(=O)c2cccnc21. The van der Waals surface area contributed by atoms with Crippen LogP contribution in [-0.2, 0) is 0 Å². The second kappa shape index (κ2) is 8.70. The maximum absolute atomic E-state index is 14.6. The van der Waals surface area contributed by atoms with Gasteiger partial charge in [-0.1, -0.05) is 70.3 Å². The Balaban J connectivity index is 2.20. The molecule has 0 spiro atoms. The molecule has 0 saturated heterocycles. The van der Waals surface area contributed by atoms with Gasteiger partial charge < -0.3 is 0 Å². The van der Waals surface area contributed by atoms with Crippen LogP contribution < -0.4 is 0 Å². The van der Waals surface area contributed by atoms with E-state index in [1.807, 2.05) is 6.07 Å². The molecule has 5 heteroatoms. The molecule has 0 radical (unpaired) electrons. The molecule has 30 heavy (non-hydrogen) atoms. The van der Waals surface area contributed by atoms with Crippen LogP contribution in [0.4, 0.5) is 8.78 Å². The predicted octanol–water partition coefficient (Wildman–Crippen LogP) is 7.42. The third kappa shape index (κ3) is 3.55. The number of ketones is 1. The molecule has 1 aromatic carbocycles. The molecule has 0 bridgehead atoms. The zero-order valence-electron chi connectivity index (χ0n) is 18.9. The minimum atomic E-state index is -1.98. The van der Waals surface area contributed by atoms with Gasteiger partial charge in [-0.3, -0.25) is 9.78 Å². The first-order valence-corrected chi connectivity index (χ1v) is 13.4. The molecule has 2 nitrogen and oxygen atoms in total. The largest absolute Gasteiger partial charge is 0.293 e. The van der Waals surface area contributed by atoms with Gasteiger partial charge in [0, 0.05) is 17.3 Å². The van der Waals surface area contributed by atoms with E-state index in [-0.39, 0.29) is 16.9 Å². The van der Waals surface area contributed by atoms with Crippen LogP contribution in [0.3, 0.4) is 0 Å². The maximum Gasteiger partial charge on any atom is 0.172 e. The standard InChI is InChI=1S/C25H33F2NOSi/c1-15(2)30(16(3)4,17(5)6)22-13-12-19(18-9-7-11-21(26)23(18)27)25(29)20-10-8-14-28-24(20)22/h7-11,14-17,19,22H,12-13H2,1-6H3/t19-,22+/m0/s1. The number of benzene rings is 1. The van der Waals surface area contributed by atoms with Crippen molar-refractivity contribution in [2.75, 3.05) is 0 Å². The highest BCUT2D eigenvalue weighted by molar-refractivity contribution is 6.84. The van der Waals surface area contributed by atoms with Crippen molar-refractivity contribution in [2.45, 2.75) is 82.5 Å². The van der Waals surface area contributed by atoms with E-state index in [0.717, 1.165) is 18.2 Å². The highest BCUT2D eigenvalue weighted by Gasteiger charge is 2.51. The molecular formula is C25H33F2NOSi. The molecule has 1 aliphatic rings. The number of carbonyl (C=O) groups is 1. The van der Waals surface area contributed by atoms with Gasteiger partial charge in [-0.05, 0) is 36.6 Å². The van der Waals surface area contributed by atoms with Crippen LogP contribution in [0.2, 0.25) is 16.6 Å². The van der Waals surface area contributed by atoms with Gasteiger partial charge in [0.25, 0.3) is 0 Å².